The van der Waals surface area contributed by atoms with Crippen LogP contribution in [0, 0.1) is 6.92 Å². The van der Waals surface area contributed by atoms with Gasteiger partial charge in [0.2, 0.25) is 10.0 Å². The van der Waals surface area contributed by atoms with Crippen molar-refractivity contribution in [3.8, 4) is 11.3 Å². The molecule has 12 heteroatoms. The van der Waals surface area contributed by atoms with E-state index < -0.39 is 22.0 Å². The molecule has 0 bridgehead atoms. The van der Waals surface area contributed by atoms with E-state index in [2.05, 4.69) is 15.0 Å². The molecule has 2 aromatic heterocycles. The van der Waals surface area contributed by atoms with Gasteiger partial charge in [-0.25, -0.2) is 13.2 Å². The molecule has 2 unspecified atom stereocenters. The van der Waals surface area contributed by atoms with Gasteiger partial charge in [-0.05, 0) is 85.4 Å². The summed E-state index contributed by atoms with van der Waals surface area (Å²) in [6.45, 7) is 1.80. The molecule has 1 aliphatic heterocycles. The van der Waals surface area contributed by atoms with Crippen molar-refractivity contribution >= 4 is 56.3 Å². The standard InChI is InChI=1S/C27H23ClN4O5S2/c1-15-13-17(7-9-20(15)31-39(2,35)36)32-25(24(30-27(32)38)21-5-3-4-12-29-21)23-11-10-22(37-23)18-14-16(26(33)34)6-8-19(18)28/h3-14,24-25,31H,1-2H3,(H,30,38)(H,33,34). The van der Waals surface area contributed by atoms with Crippen LogP contribution in [0.3, 0.4) is 0 Å². The maximum Gasteiger partial charge on any atom is 0.335 e. The third-order valence-corrected chi connectivity index (χ3v) is 7.51. The molecule has 1 saturated heterocycles. The molecule has 0 spiro atoms. The topological polar surface area (TPSA) is 125 Å². The summed E-state index contributed by atoms with van der Waals surface area (Å²) in [5.41, 5.74) is 3.16. The molecule has 0 saturated carbocycles. The summed E-state index contributed by atoms with van der Waals surface area (Å²) in [4.78, 5) is 17.9. The van der Waals surface area contributed by atoms with Gasteiger partial charge in [-0.1, -0.05) is 17.7 Å². The van der Waals surface area contributed by atoms with Crippen molar-refractivity contribution in [1.29, 1.82) is 0 Å². The van der Waals surface area contributed by atoms with Crippen molar-refractivity contribution < 1.29 is 22.7 Å². The summed E-state index contributed by atoms with van der Waals surface area (Å²) in [5, 5.41) is 13.6. The Balaban J connectivity index is 1.60. The molecule has 0 amide bonds. The molecule has 3 heterocycles. The molecule has 1 fully saturated rings. The van der Waals surface area contributed by atoms with E-state index in [1.54, 1.807) is 37.4 Å². The van der Waals surface area contributed by atoms with Crippen LogP contribution in [0.4, 0.5) is 11.4 Å². The fourth-order valence-corrected chi connectivity index (χ4v) is 5.72. The molecule has 5 rings (SSSR count). The normalized spacial score (nSPS) is 17.2. The number of carboxylic acid groups (broad SMARTS) is 1. The highest BCUT2D eigenvalue weighted by Gasteiger charge is 2.42. The number of hydrogen-bond acceptors (Lipinski definition) is 6. The number of thiocarbonyl (C=S) groups is 1. The highest BCUT2D eigenvalue weighted by Crippen LogP contribution is 2.44. The third kappa shape index (κ3) is 5.47. The summed E-state index contributed by atoms with van der Waals surface area (Å²) in [7, 11) is -3.45. The maximum absolute atomic E-state index is 11.8. The first kappa shape index (κ1) is 26.7. The number of benzene rings is 2. The second-order valence-electron chi connectivity index (χ2n) is 9.07. The second kappa shape index (κ2) is 10.3. The number of aryl methyl sites for hydroxylation is 1. The Hall–Kier alpha value is -3.93. The van der Waals surface area contributed by atoms with Crippen molar-refractivity contribution in [1.82, 2.24) is 10.3 Å². The number of nitrogens with one attached hydrogen (secondary N) is 2. The smallest absolute Gasteiger partial charge is 0.335 e. The Bertz CT molecular complexity index is 1690. The lowest BCUT2D eigenvalue weighted by atomic mass is 10.0. The average Bonchev–Trinajstić information content (AvgIpc) is 3.50. The molecule has 1 aliphatic rings. The van der Waals surface area contributed by atoms with Gasteiger partial charge in [0.15, 0.2) is 5.11 Å². The Labute approximate surface area is 235 Å². The van der Waals surface area contributed by atoms with Gasteiger partial charge in [0, 0.05) is 17.4 Å². The third-order valence-electron chi connectivity index (χ3n) is 6.28. The Morgan fingerprint density at radius 1 is 1.15 bits per heavy atom. The molecular formula is C27H23ClN4O5S2. The number of anilines is 2. The number of halogens is 1. The first-order valence-electron chi connectivity index (χ1n) is 11.7. The van der Waals surface area contributed by atoms with Crippen LogP contribution in [0.15, 0.2) is 77.3 Å². The summed E-state index contributed by atoms with van der Waals surface area (Å²) in [6, 6.07) is 18.0. The van der Waals surface area contributed by atoms with Crippen LogP contribution < -0.4 is 14.9 Å². The van der Waals surface area contributed by atoms with Gasteiger partial charge < -0.3 is 19.7 Å². The van der Waals surface area contributed by atoms with E-state index >= 15 is 0 Å². The van der Waals surface area contributed by atoms with Crippen LogP contribution in [0.25, 0.3) is 11.3 Å². The van der Waals surface area contributed by atoms with E-state index in [1.165, 1.54) is 18.2 Å². The van der Waals surface area contributed by atoms with Crippen molar-refractivity contribution in [2.24, 2.45) is 0 Å². The highest BCUT2D eigenvalue weighted by atomic mass is 35.5. The number of hydrogen-bond donors (Lipinski definition) is 3. The minimum atomic E-state index is -3.45. The van der Waals surface area contributed by atoms with Gasteiger partial charge in [0.25, 0.3) is 0 Å². The molecule has 9 nitrogen and oxygen atoms in total. The number of aromatic carboxylic acids is 1. The first-order valence-corrected chi connectivity index (χ1v) is 14.4. The van der Waals surface area contributed by atoms with Crippen LogP contribution in [-0.2, 0) is 10.0 Å². The van der Waals surface area contributed by atoms with Crippen LogP contribution in [0.5, 0.6) is 0 Å². The molecule has 4 aromatic rings. The quantitative estimate of drug-likeness (QED) is 0.240. The van der Waals surface area contributed by atoms with Crippen molar-refractivity contribution in [2.75, 3.05) is 15.9 Å². The molecule has 2 aromatic carbocycles. The van der Waals surface area contributed by atoms with E-state index in [-0.39, 0.29) is 11.6 Å². The summed E-state index contributed by atoms with van der Waals surface area (Å²) in [5.74, 6) is -0.129. The van der Waals surface area contributed by atoms with E-state index in [0.717, 1.165) is 17.6 Å². The minimum absolute atomic E-state index is 0.0855. The number of sulfonamides is 1. The van der Waals surface area contributed by atoms with Crippen LogP contribution in [0.1, 0.15) is 39.5 Å². The maximum atomic E-state index is 11.8. The van der Waals surface area contributed by atoms with Gasteiger partial charge in [0.05, 0.1) is 34.3 Å². The average molecular weight is 583 g/mol. The number of pyridine rings is 1. The number of rotatable bonds is 7. The van der Waals surface area contributed by atoms with Crippen LogP contribution in [0.2, 0.25) is 5.02 Å². The lowest BCUT2D eigenvalue weighted by Crippen LogP contribution is -2.29. The number of furan rings is 1. The molecule has 0 radical (unpaired) electrons. The molecule has 200 valence electrons. The fourth-order valence-electron chi connectivity index (χ4n) is 4.54. The highest BCUT2D eigenvalue weighted by molar-refractivity contribution is 7.92. The van der Waals surface area contributed by atoms with Gasteiger partial charge in [-0.15, -0.1) is 0 Å². The van der Waals surface area contributed by atoms with Crippen molar-refractivity contribution in [2.45, 2.75) is 19.0 Å². The molecule has 0 aliphatic carbocycles. The van der Waals surface area contributed by atoms with Crippen molar-refractivity contribution in [3.05, 3.63) is 101 Å². The Kier molecular flexibility index (Phi) is 7.06. The van der Waals surface area contributed by atoms with Crippen LogP contribution >= 0.6 is 23.8 Å². The second-order valence-corrected chi connectivity index (χ2v) is 11.6. The number of carbonyl (C=O) groups is 1. The molecule has 2 atom stereocenters. The summed E-state index contributed by atoms with van der Waals surface area (Å²) >= 11 is 12.2. The zero-order valence-electron chi connectivity index (χ0n) is 20.8. The van der Waals surface area contributed by atoms with Crippen LogP contribution in [-0.4, -0.2) is 35.8 Å². The molecule has 3 N–H and O–H groups in total. The van der Waals surface area contributed by atoms with Crippen molar-refractivity contribution in [3.63, 3.8) is 0 Å². The zero-order valence-corrected chi connectivity index (χ0v) is 23.1. The number of carboxylic acids is 1. The molecule has 39 heavy (non-hydrogen) atoms. The van der Waals surface area contributed by atoms with E-state index in [0.29, 0.717) is 38.5 Å². The van der Waals surface area contributed by atoms with E-state index in [4.69, 9.17) is 28.2 Å². The van der Waals surface area contributed by atoms with E-state index in [1.807, 2.05) is 29.2 Å². The van der Waals surface area contributed by atoms with Gasteiger partial charge >= 0.3 is 5.97 Å². The van der Waals surface area contributed by atoms with Gasteiger partial charge in [-0.2, -0.15) is 0 Å². The van der Waals surface area contributed by atoms with Gasteiger partial charge in [0.1, 0.15) is 17.6 Å². The Morgan fingerprint density at radius 3 is 2.62 bits per heavy atom. The number of aromatic nitrogens is 1. The summed E-state index contributed by atoms with van der Waals surface area (Å²) in [6.07, 6.45) is 2.79. The zero-order chi connectivity index (χ0) is 27.9. The SMILES string of the molecule is Cc1cc(N2C(=S)NC(c3ccccn3)C2c2ccc(-c3cc(C(=O)O)ccc3Cl)o2)ccc1NS(C)(=O)=O. The molecular weight excluding hydrogens is 560 g/mol. The minimum Gasteiger partial charge on any atom is -0.478 e. The van der Waals surface area contributed by atoms with E-state index in [9.17, 15) is 18.3 Å². The lowest BCUT2D eigenvalue weighted by molar-refractivity contribution is 0.0697. The first-order chi connectivity index (χ1) is 18.5. The predicted molar refractivity (Wildman–Crippen MR) is 154 cm³/mol. The largest absolute Gasteiger partial charge is 0.478 e. The lowest BCUT2D eigenvalue weighted by Gasteiger charge is -2.26. The predicted octanol–water partition coefficient (Wildman–Crippen LogP) is 5.55. The van der Waals surface area contributed by atoms with Gasteiger partial charge in [-0.3, -0.25) is 9.71 Å². The fraction of sp³-hybridized carbons (Fsp3) is 0.148. The Morgan fingerprint density at radius 2 is 1.95 bits per heavy atom. The number of nitrogens with zero attached hydrogens (tertiary/aromatic N) is 2. The summed E-state index contributed by atoms with van der Waals surface area (Å²) < 4.78 is 32.4. The monoisotopic (exact) mass is 582 g/mol.